The maximum atomic E-state index is 12.5. The van der Waals surface area contributed by atoms with Crippen molar-refractivity contribution in [3.8, 4) is 0 Å². The van der Waals surface area contributed by atoms with Crippen molar-refractivity contribution in [3.63, 3.8) is 0 Å². The first-order valence-electron chi connectivity index (χ1n) is 7.42. The maximum absolute atomic E-state index is 12.5. The molecule has 0 aliphatic carbocycles. The van der Waals surface area contributed by atoms with Crippen molar-refractivity contribution < 1.29 is 4.79 Å². The van der Waals surface area contributed by atoms with Gasteiger partial charge in [-0.25, -0.2) is 0 Å². The van der Waals surface area contributed by atoms with E-state index in [9.17, 15) is 9.59 Å². The molecule has 20 heavy (non-hydrogen) atoms. The van der Waals surface area contributed by atoms with Gasteiger partial charge in [0.25, 0.3) is 5.91 Å². The summed E-state index contributed by atoms with van der Waals surface area (Å²) in [7, 11) is 0. The fraction of sp³-hybridized carbons (Fsp3) is 0.600. The second kappa shape index (κ2) is 7.24. The average molecular weight is 277 g/mol. The van der Waals surface area contributed by atoms with Gasteiger partial charge in [0.1, 0.15) is 5.69 Å². The van der Waals surface area contributed by atoms with Crippen molar-refractivity contribution in [3.05, 3.63) is 34.2 Å². The molecule has 2 rings (SSSR count). The third kappa shape index (κ3) is 3.93. The summed E-state index contributed by atoms with van der Waals surface area (Å²) in [4.78, 5) is 28.3. The van der Waals surface area contributed by atoms with Crippen LogP contribution in [0.3, 0.4) is 0 Å². The second-order valence-electron chi connectivity index (χ2n) is 5.33. The molecule has 1 atom stereocenters. The van der Waals surface area contributed by atoms with Gasteiger partial charge in [-0.15, -0.1) is 0 Å². The highest BCUT2D eigenvalue weighted by molar-refractivity contribution is 5.92. The number of H-pyrrole nitrogens is 1. The normalized spacial score (nSPS) is 18.8. The van der Waals surface area contributed by atoms with Gasteiger partial charge in [0.2, 0.25) is 5.56 Å². The summed E-state index contributed by atoms with van der Waals surface area (Å²) in [5.74, 6) is -0.0862. The van der Waals surface area contributed by atoms with Gasteiger partial charge in [0.05, 0.1) is 0 Å². The number of pyridine rings is 1. The van der Waals surface area contributed by atoms with Crippen molar-refractivity contribution in [2.75, 3.05) is 19.6 Å². The lowest BCUT2D eigenvalue weighted by Gasteiger charge is -2.30. The van der Waals surface area contributed by atoms with E-state index in [-0.39, 0.29) is 11.5 Å². The Morgan fingerprint density at radius 1 is 1.40 bits per heavy atom. The van der Waals surface area contributed by atoms with Gasteiger partial charge in [0.15, 0.2) is 0 Å². The van der Waals surface area contributed by atoms with Gasteiger partial charge < -0.3 is 15.2 Å². The van der Waals surface area contributed by atoms with Gasteiger partial charge in [-0.3, -0.25) is 9.59 Å². The number of aromatic amines is 1. The van der Waals surface area contributed by atoms with Crippen LogP contribution in [-0.2, 0) is 0 Å². The number of nitrogens with one attached hydrogen (secondary N) is 2. The number of piperidine rings is 1. The minimum absolute atomic E-state index is 0.0862. The van der Waals surface area contributed by atoms with Gasteiger partial charge >= 0.3 is 0 Å². The molecule has 0 saturated carbocycles. The van der Waals surface area contributed by atoms with Crippen molar-refractivity contribution in [2.24, 2.45) is 0 Å². The van der Waals surface area contributed by atoms with E-state index >= 15 is 0 Å². The number of hydrogen-bond acceptors (Lipinski definition) is 3. The summed E-state index contributed by atoms with van der Waals surface area (Å²) < 4.78 is 0. The monoisotopic (exact) mass is 277 g/mol. The molecule has 1 aliphatic heterocycles. The van der Waals surface area contributed by atoms with E-state index in [2.05, 4.69) is 17.2 Å². The topological polar surface area (TPSA) is 65.2 Å². The minimum Gasteiger partial charge on any atom is -0.336 e. The zero-order chi connectivity index (χ0) is 14.4. The summed E-state index contributed by atoms with van der Waals surface area (Å²) >= 11 is 0. The number of nitrogens with zero attached hydrogens (tertiary/aromatic N) is 1. The molecule has 1 saturated heterocycles. The summed E-state index contributed by atoms with van der Waals surface area (Å²) in [5.41, 5.74) is 0.143. The molecule has 1 fully saturated rings. The van der Waals surface area contributed by atoms with E-state index in [1.165, 1.54) is 18.9 Å². The fourth-order valence-corrected chi connectivity index (χ4v) is 2.63. The van der Waals surface area contributed by atoms with Crippen LogP contribution < -0.4 is 10.9 Å². The number of carbonyl (C=O) groups is 1. The quantitative estimate of drug-likeness (QED) is 0.854. The van der Waals surface area contributed by atoms with Gasteiger partial charge in [-0.2, -0.15) is 0 Å². The van der Waals surface area contributed by atoms with Crippen molar-refractivity contribution >= 4 is 5.91 Å². The van der Waals surface area contributed by atoms with Crippen molar-refractivity contribution in [2.45, 2.75) is 38.6 Å². The van der Waals surface area contributed by atoms with Crippen LogP contribution in [0, 0.1) is 0 Å². The Morgan fingerprint density at radius 2 is 2.25 bits per heavy atom. The molecule has 1 unspecified atom stereocenters. The van der Waals surface area contributed by atoms with Crippen LogP contribution in [0.15, 0.2) is 23.0 Å². The molecule has 0 aromatic carbocycles. The Morgan fingerprint density at radius 3 is 2.90 bits per heavy atom. The molecule has 1 aliphatic rings. The zero-order valence-electron chi connectivity index (χ0n) is 12.0. The largest absolute Gasteiger partial charge is 0.336 e. The number of carbonyl (C=O) groups excluding carboxylic acids is 1. The molecule has 1 aromatic heterocycles. The van der Waals surface area contributed by atoms with Crippen molar-refractivity contribution in [1.29, 1.82) is 0 Å². The third-order valence-electron chi connectivity index (χ3n) is 3.63. The molecule has 5 heteroatoms. The number of amides is 1. The van der Waals surface area contributed by atoms with Gasteiger partial charge in [-0.1, -0.05) is 19.4 Å². The van der Waals surface area contributed by atoms with E-state index in [1.807, 2.05) is 4.90 Å². The maximum Gasteiger partial charge on any atom is 0.270 e. The summed E-state index contributed by atoms with van der Waals surface area (Å²) in [5, 5.41) is 3.46. The molecule has 1 aromatic rings. The Hall–Kier alpha value is -1.62. The number of hydrogen-bond donors (Lipinski definition) is 2. The predicted octanol–water partition coefficient (Wildman–Crippen LogP) is 1.37. The summed E-state index contributed by atoms with van der Waals surface area (Å²) in [6.07, 6.45) is 4.45. The van der Waals surface area contributed by atoms with Crippen LogP contribution in [0.5, 0.6) is 0 Å². The zero-order valence-corrected chi connectivity index (χ0v) is 12.0. The third-order valence-corrected chi connectivity index (χ3v) is 3.63. The molecule has 110 valence electrons. The first kappa shape index (κ1) is 14.8. The fourth-order valence-electron chi connectivity index (χ4n) is 2.63. The van der Waals surface area contributed by atoms with E-state index in [1.54, 1.807) is 12.1 Å². The van der Waals surface area contributed by atoms with Crippen LogP contribution in [0.1, 0.15) is 43.1 Å². The molecule has 0 radical (unpaired) electrons. The number of aromatic nitrogens is 1. The van der Waals surface area contributed by atoms with Gasteiger partial charge in [-0.05, 0) is 31.9 Å². The first-order valence-corrected chi connectivity index (χ1v) is 7.42. The number of rotatable bonds is 5. The van der Waals surface area contributed by atoms with E-state index in [0.717, 1.165) is 19.4 Å². The van der Waals surface area contributed by atoms with Crippen LogP contribution in [-0.4, -0.2) is 41.5 Å². The lowest BCUT2D eigenvalue weighted by Crippen LogP contribution is -2.46. The highest BCUT2D eigenvalue weighted by atomic mass is 16.2. The Labute approximate surface area is 119 Å². The molecule has 1 amide bonds. The minimum atomic E-state index is -0.233. The first-order chi connectivity index (χ1) is 9.70. The highest BCUT2D eigenvalue weighted by Crippen LogP contribution is 2.10. The summed E-state index contributed by atoms with van der Waals surface area (Å²) in [6, 6.07) is 5.08. The second-order valence-corrected chi connectivity index (χ2v) is 5.33. The van der Waals surface area contributed by atoms with E-state index in [0.29, 0.717) is 24.8 Å². The molecule has 2 N–H and O–H groups in total. The van der Waals surface area contributed by atoms with Crippen LogP contribution in [0.2, 0.25) is 0 Å². The van der Waals surface area contributed by atoms with Crippen LogP contribution >= 0.6 is 0 Å². The SMILES string of the molecule is CCCN(CC1CCCCN1)C(=O)c1cccc(=O)[nH]1. The standard InChI is InChI=1S/C15H23N3O2/c1-2-10-18(11-12-6-3-4-9-16-12)15(20)13-7-5-8-14(19)17-13/h5,7-8,12,16H,2-4,6,9-11H2,1H3,(H,17,19). The van der Waals surface area contributed by atoms with Crippen molar-refractivity contribution in [1.82, 2.24) is 15.2 Å². The molecule has 0 spiro atoms. The lowest BCUT2D eigenvalue weighted by molar-refractivity contribution is 0.0725. The Bertz CT molecular complexity index is 492. The smallest absolute Gasteiger partial charge is 0.270 e. The van der Waals surface area contributed by atoms with Crippen LogP contribution in [0.4, 0.5) is 0 Å². The molecular formula is C15H23N3O2. The molecule has 2 heterocycles. The van der Waals surface area contributed by atoms with Gasteiger partial charge in [0, 0.05) is 25.2 Å². The van der Waals surface area contributed by atoms with E-state index < -0.39 is 0 Å². The Kier molecular flexibility index (Phi) is 5.35. The average Bonchev–Trinajstić information content (AvgIpc) is 2.47. The highest BCUT2D eigenvalue weighted by Gasteiger charge is 2.21. The Balaban J connectivity index is 2.06. The predicted molar refractivity (Wildman–Crippen MR) is 78.9 cm³/mol. The summed E-state index contributed by atoms with van der Waals surface area (Å²) in [6.45, 7) is 4.51. The molecule has 5 nitrogen and oxygen atoms in total. The molecule has 0 bridgehead atoms. The van der Waals surface area contributed by atoms with E-state index in [4.69, 9.17) is 0 Å². The van der Waals surface area contributed by atoms with Crippen LogP contribution in [0.25, 0.3) is 0 Å². The lowest BCUT2D eigenvalue weighted by atomic mass is 10.0. The molecular weight excluding hydrogens is 254 g/mol.